The molecule has 0 bridgehead atoms. The molecule has 18 heavy (non-hydrogen) atoms. The number of hydrogen-bond acceptors (Lipinski definition) is 4. The van der Waals surface area contributed by atoms with Crippen LogP contribution in [0.5, 0.6) is 0 Å². The lowest BCUT2D eigenvalue weighted by atomic mass is 10.1. The Kier molecular flexibility index (Phi) is 3.38. The topological polar surface area (TPSA) is 93.5 Å². The Morgan fingerprint density at radius 3 is 2.67 bits per heavy atom. The predicted molar refractivity (Wildman–Crippen MR) is 67.3 cm³/mol. The van der Waals surface area contributed by atoms with Gasteiger partial charge in [0.15, 0.2) is 5.84 Å². The molecule has 0 spiro atoms. The average Bonchev–Trinajstić information content (AvgIpc) is 2.42. The first kappa shape index (κ1) is 11.8. The van der Waals surface area contributed by atoms with E-state index in [9.17, 15) is 4.79 Å². The third kappa shape index (κ3) is 2.54. The highest BCUT2D eigenvalue weighted by Crippen LogP contribution is 2.13. The molecule has 3 N–H and O–H groups in total. The molecule has 0 amide bonds. The van der Waals surface area contributed by atoms with Gasteiger partial charge >= 0.3 is 0 Å². The van der Waals surface area contributed by atoms with E-state index in [2.05, 4.69) is 10.3 Å². The molecule has 0 aliphatic rings. The molecule has 0 unspecified atom stereocenters. The van der Waals surface area contributed by atoms with Gasteiger partial charge in [0.25, 0.3) is 5.56 Å². The molecular weight excluding hydrogens is 232 g/mol. The van der Waals surface area contributed by atoms with Crippen molar-refractivity contribution >= 4 is 5.84 Å². The SMILES string of the molecule is N/C(Cn1nc(-c2ccccc2)ccc1=O)=N/O. The van der Waals surface area contributed by atoms with E-state index in [0.717, 1.165) is 10.2 Å². The Morgan fingerprint density at radius 2 is 2.00 bits per heavy atom. The van der Waals surface area contributed by atoms with E-state index in [1.54, 1.807) is 6.07 Å². The summed E-state index contributed by atoms with van der Waals surface area (Å²) in [4.78, 5) is 11.6. The summed E-state index contributed by atoms with van der Waals surface area (Å²) in [6.07, 6.45) is 0. The van der Waals surface area contributed by atoms with Crippen LogP contribution in [-0.4, -0.2) is 20.8 Å². The molecule has 0 saturated heterocycles. The Balaban J connectivity index is 2.41. The van der Waals surface area contributed by atoms with Gasteiger partial charge in [-0.15, -0.1) is 0 Å². The third-order valence-corrected chi connectivity index (χ3v) is 2.38. The van der Waals surface area contributed by atoms with Crippen molar-refractivity contribution in [3.05, 3.63) is 52.8 Å². The van der Waals surface area contributed by atoms with Gasteiger partial charge in [0.05, 0.1) is 5.69 Å². The van der Waals surface area contributed by atoms with E-state index in [4.69, 9.17) is 10.9 Å². The number of nitrogens with zero attached hydrogens (tertiary/aromatic N) is 3. The van der Waals surface area contributed by atoms with Crippen LogP contribution in [0.2, 0.25) is 0 Å². The summed E-state index contributed by atoms with van der Waals surface area (Å²) in [5.74, 6) is -0.0742. The summed E-state index contributed by atoms with van der Waals surface area (Å²) in [6, 6.07) is 12.5. The number of hydrogen-bond donors (Lipinski definition) is 2. The molecule has 92 valence electrons. The number of oxime groups is 1. The second-order valence-corrected chi connectivity index (χ2v) is 3.67. The normalized spacial score (nSPS) is 11.4. The van der Waals surface area contributed by atoms with Gasteiger partial charge in [0.1, 0.15) is 6.54 Å². The molecular formula is C12H12N4O2. The maximum absolute atomic E-state index is 11.6. The van der Waals surface area contributed by atoms with Crippen molar-refractivity contribution in [2.75, 3.05) is 0 Å². The molecule has 1 aromatic heterocycles. The molecule has 1 heterocycles. The van der Waals surface area contributed by atoms with Crippen LogP contribution in [0.25, 0.3) is 11.3 Å². The number of nitrogens with two attached hydrogens (primary N) is 1. The van der Waals surface area contributed by atoms with Crippen LogP contribution in [0.4, 0.5) is 0 Å². The molecule has 0 aliphatic carbocycles. The van der Waals surface area contributed by atoms with Gasteiger partial charge in [0.2, 0.25) is 0 Å². The highest BCUT2D eigenvalue weighted by atomic mass is 16.4. The zero-order valence-corrected chi connectivity index (χ0v) is 9.52. The van der Waals surface area contributed by atoms with E-state index in [1.807, 2.05) is 30.3 Å². The Morgan fingerprint density at radius 1 is 1.28 bits per heavy atom. The van der Waals surface area contributed by atoms with Crippen LogP contribution < -0.4 is 11.3 Å². The highest BCUT2D eigenvalue weighted by Gasteiger charge is 2.04. The zero-order chi connectivity index (χ0) is 13.0. The molecule has 6 heteroatoms. The van der Waals surface area contributed by atoms with Gasteiger partial charge in [0, 0.05) is 11.6 Å². The first-order chi connectivity index (χ1) is 8.70. The quantitative estimate of drug-likeness (QED) is 0.359. The van der Waals surface area contributed by atoms with Crippen molar-refractivity contribution in [2.24, 2.45) is 10.9 Å². The zero-order valence-electron chi connectivity index (χ0n) is 9.52. The van der Waals surface area contributed by atoms with Crippen molar-refractivity contribution in [1.29, 1.82) is 0 Å². The number of benzene rings is 1. The largest absolute Gasteiger partial charge is 0.409 e. The van der Waals surface area contributed by atoms with Gasteiger partial charge < -0.3 is 10.9 Å². The summed E-state index contributed by atoms with van der Waals surface area (Å²) >= 11 is 0. The highest BCUT2D eigenvalue weighted by molar-refractivity contribution is 5.79. The van der Waals surface area contributed by atoms with E-state index >= 15 is 0 Å². The fraction of sp³-hybridized carbons (Fsp3) is 0.0833. The molecule has 1 aromatic carbocycles. The predicted octanol–water partition coefficient (Wildman–Crippen LogP) is 0.657. The van der Waals surface area contributed by atoms with Crippen LogP contribution in [-0.2, 0) is 6.54 Å². The molecule has 2 rings (SSSR count). The number of amidine groups is 1. The summed E-state index contributed by atoms with van der Waals surface area (Å²) < 4.78 is 1.15. The van der Waals surface area contributed by atoms with Gasteiger partial charge in [-0.2, -0.15) is 5.10 Å². The molecule has 0 fully saturated rings. The van der Waals surface area contributed by atoms with Crippen molar-refractivity contribution < 1.29 is 5.21 Å². The maximum atomic E-state index is 11.6. The van der Waals surface area contributed by atoms with Crippen molar-refractivity contribution in [2.45, 2.75) is 6.54 Å². The van der Waals surface area contributed by atoms with E-state index in [0.29, 0.717) is 5.69 Å². The minimum Gasteiger partial charge on any atom is -0.409 e. The lowest BCUT2D eigenvalue weighted by molar-refractivity contribution is 0.315. The minimum absolute atomic E-state index is 0.0456. The van der Waals surface area contributed by atoms with E-state index in [1.165, 1.54) is 6.07 Å². The molecule has 0 saturated carbocycles. The van der Waals surface area contributed by atoms with Crippen LogP contribution >= 0.6 is 0 Å². The lowest BCUT2D eigenvalue weighted by Crippen LogP contribution is -2.29. The number of aromatic nitrogens is 2. The second-order valence-electron chi connectivity index (χ2n) is 3.67. The average molecular weight is 244 g/mol. The summed E-state index contributed by atoms with van der Waals surface area (Å²) in [5.41, 5.74) is 6.61. The maximum Gasteiger partial charge on any atom is 0.267 e. The van der Waals surface area contributed by atoms with Crippen molar-refractivity contribution in [3.63, 3.8) is 0 Å². The fourth-order valence-electron chi connectivity index (χ4n) is 1.51. The summed E-state index contributed by atoms with van der Waals surface area (Å²) in [7, 11) is 0. The van der Waals surface area contributed by atoms with Crippen LogP contribution in [0.1, 0.15) is 0 Å². The van der Waals surface area contributed by atoms with Gasteiger partial charge in [-0.1, -0.05) is 35.5 Å². The van der Waals surface area contributed by atoms with Crippen molar-refractivity contribution in [1.82, 2.24) is 9.78 Å². The van der Waals surface area contributed by atoms with Gasteiger partial charge in [-0.3, -0.25) is 4.79 Å². The van der Waals surface area contributed by atoms with Crippen LogP contribution in [0.15, 0.2) is 52.4 Å². The third-order valence-electron chi connectivity index (χ3n) is 2.38. The minimum atomic E-state index is -0.304. The van der Waals surface area contributed by atoms with E-state index < -0.39 is 0 Å². The van der Waals surface area contributed by atoms with E-state index in [-0.39, 0.29) is 17.9 Å². The second kappa shape index (κ2) is 5.13. The first-order valence-electron chi connectivity index (χ1n) is 5.30. The molecule has 0 atom stereocenters. The molecule has 0 aliphatic heterocycles. The standard InChI is InChI=1S/C12H12N4O2/c13-11(15-18)8-16-12(17)7-6-10(14-16)9-4-2-1-3-5-9/h1-7,18H,8H2,(H2,13,15). The van der Waals surface area contributed by atoms with Crippen LogP contribution in [0.3, 0.4) is 0 Å². The Hall–Kier alpha value is -2.63. The number of rotatable bonds is 3. The first-order valence-corrected chi connectivity index (χ1v) is 5.30. The van der Waals surface area contributed by atoms with Crippen LogP contribution in [0, 0.1) is 0 Å². The molecule has 2 aromatic rings. The molecule has 6 nitrogen and oxygen atoms in total. The monoisotopic (exact) mass is 244 g/mol. The van der Waals surface area contributed by atoms with Crippen molar-refractivity contribution in [3.8, 4) is 11.3 Å². The summed E-state index contributed by atoms with van der Waals surface area (Å²) in [6.45, 7) is -0.0456. The summed E-state index contributed by atoms with van der Waals surface area (Å²) in [5, 5.41) is 15.5. The molecule has 0 radical (unpaired) electrons. The smallest absolute Gasteiger partial charge is 0.267 e. The fourth-order valence-corrected chi connectivity index (χ4v) is 1.51. The van der Waals surface area contributed by atoms with Gasteiger partial charge in [-0.05, 0) is 6.07 Å². The Labute approximate surface area is 103 Å². The lowest BCUT2D eigenvalue weighted by Gasteiger charge is -2.05. The Bertz CT molecular complexity index is 619. The van der Waals surface area contributed by atoms with Gasteiger partial charge in [-0.25, -0.2) is 4.68 Å².